The Balaban J connectivity index is 2.09. The largest absolute Gasteiger partial charge is 0.481 e. The van der Waals surface area contributed by atoms with Crippen LogP contribution >= 0.6 is 15.9 Å². The van der Waals surface area contributed by atoms with Gasteiger partial charge < -0.3 is 16.2 Å². The van der Waals surface area contributed by atoms with E-state index in [9.17, 15) is 14.7 Å². The Kier molecular flexibility index (Phi) is 4.32. The number of halogens is 1. The van der Waals surface area contributed by atoms with Crippen LogP contribution in [0.1, 0.15) is 36.0 Å². The van der Waals surface area contributed by atoms with Gasteiger partial charge >= 0.3 is 5.97 Å². The topological polar surface area (TPSA) is 92.4 Å². The summed E-state index contributed by atoms with van der Waals surface area (Å²) in [6.07, 6.45) is 3.32. The molecule has 0 bridgehead atoms. The number of hydrogen-bond acceptors (Lipinski definition) is 3. The third kappa shape index (κ3) is 2.95. The molecule has 0 radical (unpaired) electrons. The number of hydrogen-bond donors (Lipinski definition) is 3. The van der Waals surface area contributed by atoms with Crippen molar-refractivity contribution in [2.45, 2.75) is 25.7 Å². The number of rotatable bonds is 5. The molecule has 6 heteroatoms. The number of aliphatic carboxylic acids is 1. The minimum atomic E-state index is -0.740. The number of carboxylic acid groups (broad SMARTS) is 1. The molecule has 0 unspecified atom stereocenters. The zero-order valence-electron chi connectivity index (χ0n) is 11.0. The quantitative estimate of drug-likeness (QED) is 0.768. The maximum Gasteiger partial charge on any atom is 0.311 e. The highest BCUT2D eigenvalue weighted by atomic mass is 79.9. The number of anilines is 1. The molecule has 1 aliphatic rings. The molecule has 1 amide bonds. The summed E-state index contributed by atoms with van der Waals surface area (Å²) >= 11 is 3.29. The van der Waals surface area contributed by atoms with Crippen LogP contribution in [0.3, 0.4) is 0 Å². The van der Waals surface area contributed by atoms with E-state index in [1.54, 1.807) is 18.2 Å². The number of nitrogens with one attached hydrogen (secondary N) is 1. The van der Waals surface area contributed by atoms with Crippen LogP contribution in [0.15, 0.2) is 22.7 Å². The maximum absolute atomic E-state index is 11.4. The highest BCUT2D eigenvalue weighted by Gasteiger charge is 2.41. The van der Waals surface area contributed by atoms with Gasteiger partial charge in [-0.1, -0.05) is 12.8 Å². The van der Waals surface area contributed by atoms with Crippen LogP contribution in [0.4, 0.5) is 5.69 Å². The van der Waals surface area contributed by atoms with Crippen molar-refractivity contribution >= 4 is 33.5 Å². The van der Waals surface area contributed by atoms with Crippen LogP contribution in [-0.4, -0.2) is 23.5 Å². The summed E-state index contributed by atoms with van der Waals surface area (Å²) in [5, 5.41) is 12.6. The van der Waals surface area contributed by atoms with Crippen LogP contribution in [-0.2, 0) is 4.79 Å². The normalized spacial score (nSPS) is 16.9. The molecule has 108 valence electrons. The lowest BCUT2D eigenvalue weighted by Gasteiger charge is -2.24. The molecule has 5 nitrogen and oxygen atoms in total. The third-order valence-corrected chi connectivity index (χ3v) is 4.54. The number of carbonyl (C=O) groups is 2. The van der Waals surface area contributed by atoms with E-state index in [4.69, 9.17) is 5.73 Å². The van der Waals surface area contributed by atoms with E-state index < -0.39 is 17.3 Å². The van der Waals surface area contributed by atoms with Gasteiger partial charge in [0.15, 0.2) is 0 Å². The predicted octanol–water partition coefficient (Wildman–Crippen LogP) is 2.60. The zero-order valence-corrected chi connectivity index (χ0v) is 12.6. The van der Waals surface area contributed by atoms with E-state index in [2.05, 4.69) is 21.2 Å². The number of carboxylic acids is 1. The average Bonchev–Trinajstić information content (AvgIpc) is 2.86. The smallest absolute Gasteiger partial charge is 0.311 e. The van der Waals surface area contributed by atoms with Crippen LogP contribution in [0.5, 0.6) is 0 Å². The molecule has 20 heavy (non-hydrogen) atoms. The SMILES string of the molecule is NC(=O)c1ccc(NCC2(C(=O)O)CCCC2)cc1Br. The van der Waals surface area contributed by atoms with E-state index in [1.165, 1.54) is 0 Å². The van der Waals surface area contributed by atoms with Crippen molar-refractivity contribution in [3.63, 3.8) is 0 Å². The Morgan fingerprint density at radius 2 is 2.00 bits per heavy atom. The van der Waals surface area contributed by atoms with Crippen molar-refractivity contribution in [2.75, 3.05) is 11.9 Å². The molecule has 4 N–H and O–H groups in total. The first-order chi connectivity index (χ1) is 9.44. The van der Waals surface area contributed by atoms with E-state index in [-0.39, 0.29) is 0 Å². The van der Waals surface area contributed by atoms with Gasteiger partial charge in [0.2, 0.25) is 5.91 Å². The molecule has 2 rings (SSSR count). The minimum Gasteiger partial charge on any atom is -0.481 e. The number of primary amides is 1. The van der Waals surface area contributed by atoms with Gasteiger partial charge in [-0.15, -0.1) is 0 Å². The Labute approximate surface area is 125 Å². The molecule has 0 atom stereocenters. The summed E-state index contributed by atoms with van der Waals surface area (Å²) in [6, 6.07) is 5.09. The molecule has 0 aliphatic heterocycles. The van der Waals surface area contributed by atoms with Gasteiger partial charge in [0.05, 0.1) is 11.0 Å². The average molecular weight is 341 g/mol. The van der Waals surface area contributed by atoms with Gasteiger partial charge in [-0.3, -0.25) is 9.59 Å². The van der Waals surface area contributed by atoms with Crippen LogP contribution in [0, 0.1) is 5.41 Å². The molecular weight excluding hydrogens is 324 g/mol. The lowest BCUT2D eigenvalue weighted by Crippen LogP contribution is -2.35. The Morgan fingerprint density at radius 1 is 1.35 bits per heavy atom. The Morgan fingerprint density at radius 3 is 2.50 bits per heavy atom. The third-order valence-electron chi connectivity index (χ3n) is 3.88. The summed E-state index contributed by atoms with van der Waals surface area (Å²) < 4.78 is 0.603. The van der Waals surface area contributed by atoms with Crippen molar-refractivity contribution in [2.24, 2.45) is 11.1 Å². The Bertz CT molecular complexity index is 539. The second kappa shape index (κ2) is 5.83. The van der Waals surface area contributed by atoms with Gasteiger partial charge in [-0.05, 0) is 47.0 Å². The van der Waals surface area contributed by atoms with Gasteiger partial charge in [-0.2, -0.15) is 0 Å². The van der Waals surface area contributed by atoms with Crippen molar-refractivity contribution < 1.29 is 14.7 Å². The summed E-state index contributed by atoms with van der Waals surface area (Å²) in [5.41, 5.74) is 5.74. The van der Waals surface area contributed by atoms with Gasteiger partial charge in [0, 0.05) is 16.7 Å². The molecule has 1 aromatic rings. The van der Waals surface area contributed by atoms with Crippen molar-refractivity contribution in [1.29, 1.82) is 0 Å². The lowest BCUT2D eigenvalue weighted by molar-refractivity contribution is -0.147. The lowest BCUT2D eigenvalue weighted by atomic mass is 9.86. The first-order valence-corrected chi connectivity index (χ1v) is 7.30. The fourth-order valence-corrected chi connectivity index (χ4v) is 3.19. The zero-order chi connectivity index (χ0) is 14.8. The molecule has 1 aromatic carbocycles. The second-order valence-electron chi connectivity index (χ2n) is 5.21. The number of nitrogens with two attached hydrogens (primary N) is 1. The molecule has 0 spiro atoms. The number of benzene rings is 1. The minimum absolute atomic E-state index is 0.394. The van der Waals surface area contributed by atoms with Gasteiger partial charge in [0.25, 0.3) is 0 Å². The fourth-order valence-electron chi connectivity index (χ4n) is 2.61. The number of amides is 1. The van der Waals surface area contributed by atoms with Gasteiger partial charge in [0.1, 0.15) is 0 Å². The van der Waals surface area contributed by atoms with Crippen LogP contribution in [0.2, 0.25) is 0 Å². The first-order valence-electron chi connectivity index (χ1n) is 6.51. The van der Waals surface area contributed by atoms with Crippen LogP contribution in [0.25, 0.3) is 0 Å². The summed E-state index contributed by atoms with van der Waals surface area (Å²) in [6.45, 7) is 0.394. The summed E-state index contributed by atoms with van der Waals surface area (Å²) in [7, 11) is 0. The highest BCUT2D eigenvalue weighted by Crippen LogP contribution is 2.38. The Hall–Kier alpha value is -1.56. The number of carbonyl (C=O) groups excluding carboxylic acids is 1. The van der Waals surface area contributed by atoms with Crippen molar-refractivity contribution in [3.8, 4) is 0 Å². The molecule has 1 aliphatic carbocycles. The van der Waals surface area contributed by atoms with E-state index in [0.29, 0.717) is 29.4 Å². The molecule has 1 saturated carbocycles. The fraction of sp³-hybridized carbons (Fsp3) is 0.429. The molecule has 0 aromatic heterocycles. The van der Waals surface area contributed by atoms with E-state index in [0.717, 1.165) is 18.5 Å². The molecule has 1 fully saturated rings. The highest BCUT2D eigenvalue weighted by molar-refractivity contribution is 9.10. The predicted molar refractivity (Wildman–Crippen MR) is 79.7 cm³/mol. The molecule has 0 heterocycles. The summed E-state index contributed by atoms with van der Waals surface area (Å²) in [5.74, 6) is -1.24. The second-order valence-corrected chi connectivity index (χ2v) is 6.06. The maximum atomic E-state index is 11.4. The van der Waals surface area contributed by atoms with Gasteiger partial charge in [-0.25, -0.2) is 0 Å². The van der Waals surface area contributed by atoms with E-state index >= 15 is 0 Å². The van der Waals surface area contributed by atoms with E-state index in [1.807, 2.05) is 0 Å². The standard InChI is InChI=1S/C14H17BrN2O3/c15-11-7-9(3-4-10(11)12(16)18)17-8-14(13(19)20)5-1-2-6-14/h3-4,7,17H,1-2,5-6,8H2,(H2,16,18)(H,19,20). The first kappa shape index (κ1) is 14.8. The van der Waals surface area contributed by atoms with Crippen molar-refractivity contribution in [3.05, 3.63) is 28.2 Å². The molecule has 0 saturated heterocycles. The monoisotopic (exact) mass is 340 g/mol. The van der Waals surface area contributed by atoms with Crippen molar-refractivity contribution in [1.82, 2.24) is 0 Å². The van der Waals surface area contributed by atoms with Crippen LogP contribution < -0.4 is 11.1 Å². The summed E-state index contributed by atoms with van der Waals surface area (Å²) in [4.78, 5) is 22.6. The molecular formula is C14H17BrN2O3.